The average molecular weight is 420 g/mol. The van der Waals surface area contributed by atoms with Crippen LogP contribution in [0.4, 0.5) is 5.95 Å². The average Bonchev–Trinajstić information content (AvgIpc) is 3.45. The molecule has 1 aliphatic heterocycles. The Bertz CT molecular complexity index is 830. The zero-order chi connectivity index (χ0) is 19.5. The van der Waals surface area contributed by atoms with E-state index in [9.17, 15) is 4.79 Å². The molecule has 2 aromatic rings. The van der Waals surface area contributed by atoms with Crippen LogP contribution in [0.1, 0.15) is 44.2 Å². The summed E-state index contributed by atoms with van der Waals surface area (Å²) >= 11 is 7.61. The first kappa shape index (κ1) is 19.6. The number of nitrogens with one attached hydrogen (secondary N) is 1. The molecule has 1 aromatic heterocycles. The van der Waals surface area contributed by atoms with E-state index in [4.69, 9.17) is 11.6 Å². The lowest BCUT2D eigenvalue weighted by Crippen LogP contribution is -2.34. The van der Waals surface area contributed by atoms with Gasteiger partial charge in [0.1, 0.15) is 0 Å². The zero-order valence-corrected chi connectivity index (χ0v) is 17.7. The quantitative estimate of drug-likeness (QED) is 0.689. The normalized spacial score (nSPS) is 17.7. The summed E-state index contributed by atoms with van der Waals surface area (Å²) in [4.78, 5) is 14.7. The molecule has 0 atom stereocenters. The van der Waals surface area contributed by atoms with E-state index in [0.29, 0.717) is 23.4 Å². The maximum absolute atomic E-state index is 12.3. The first-order valence-corrected chi connectivity index (χ1v) is 11.3. The van der Waals surface area contributed by atoms with Gasteiger partial charge >= 0.3 is 0 Å². The highest BCUT2D eigenvalue weighted by atomic mass is 35.5. The lowest BCUT2D eigenvalue weighted by atomic mass is 10.00. The Morgan fingerprint density at radius 2 is 1.96 bits per heavy atom. The van der Waals surface area contributed by atoms with Crippen molar-refractivity contribution in [2.24, 2.45) is 5.92 Å². The molecule has 1 amide bonds. The number of benzene rings is 1. The van der Waals surface area contributed by atoms with Crippen LogP contribution in [0, 0.1) is 5.92 Å². The molecule has 1 aromatic carbocycles. The van der Waals surface area contributed by atoms with Crippen LogP contribution in [-0.2, 0) is 11.3 Å². The molecule has 2 heterocycles. The van der Waals surface area contributed by atoms with Crippen molar-refractivity contribution in [3.63, 3.8) is 0 Å². The van der Waals surface area contributed by atoms with Crippen molar-refractivity contribution in [2.45, 2.75) is 50.4 Å². The monoisotopic (exact) mass is 419 g/mol. The molecule has 2 fully saturated rings. The first-order valence-electron chi connectivity index (χ1n) is 9.94. The van der Waals surface area contributed by atoms with E-state index in [2.05, 4.69) is 31.9 Å². The summed E-state index contributed by atoms with van der Waals surface area (Å²) in [6, 6.07) is 8.04. The molecular weight excluding hydrogens is 394 g/mol. The van der Waals surface area contributed by atoms with Gasteiger partial charge in [0.25, 0.3) is 0 Å². The molecule has 6 nitrogen and oxygen atoms in total. The van der Waals surface area contributed by atoms with Crippen LogP contribution in [0.5, 0.6) is 0 Å². The van der Waals surface area contributed by atoms with Crippen LogP contribution >= 0.6 is 23.4 Å². The summed E-state index contributed by atoms with van der Waals surface area (Å²) in [5.41, 5.74) is 0.922. The number of hydrogen-bond donors (Lipinski definition) is 1. The fraction of sp³-hybridized carbons (Fsp3) is 0.550. The van der Waals surface area contributed by atoms with Crippen LogP contribution in [-0.4, -0.2) is 39.5 Å². The number of anilines is 1. The third-order valence-corrected chi connectivity index (χ3v) is 6.70. The number of halogens is 1. The number of piperidine rings is 1. The van der Waals surface area contributed by atoms with Gasteiger partial charge in [0, 0.05) is 30.7 Å². The van der Waals surface area contributed by atoms with Gasteiger partial charge in [0.15, 0.2) is 5.16 Å². The minimum atomic E-state index is -0.0244. The number of aromatic nitrogens is 3. The van der Waals surface area contributed by atoms with Gasteiger partial charge in [0.05, 0.1) is 5.75 Å². The predicted molar refractivity (Wildman–Crippen MR) is 113 cm³/mol. The molecule has 150 valence electrons. The van der Waals surface area contributed by atoms with Gasteiger partial charge < -0.3 is 10.2 Å². The van der Waals surface area contributed by atoms with E-state index in [0.717, 1.165) is 35.7 Å². The zero-order valence-electron chi connectivity index (χ0n) is 16.1. The van der Waals surface area contributed by atoms with Gasteiger partial charge in [-0.3, -0.25) is 9.36 Å². The summed E-state index contributed by atoms with van der Waals surface area (Å²) < 4.78 is 2.25. The van der Waals surface area contributed by atoms with E-state index in [-0.39, 0.29) is 5.91 Å². The van der Waals surface area contributed by atoms with Gasteiger partial charge in [-0.15, -0.1) is 10.2 Å². The molecule has 0 radical (unpaired) electrons. The van der Waals surface area contributed by atoms with Gasteiger partial charge in [-0.05, 0) is 43.2 Å². The molecule has 1 saturated carbocycles. The van der Waals surface area contributed by atoms with Crippen LogP contribution in [0.2, 0.25) is 5.02 Å². The van der Waals surface area contributed by atoms with Crippen molar-refractivity contribution in [3.8, 4) is 0 Å². The number of hydrogen-bond acceptors (Lipinski definition) is 5. The standard InChI is InChI=1S/C20H26ClN5OS/c1-14-8-10-25(11-9-14)19-23-24-20(26(19)16-6-7-16)28-13-18(27)22-12-15-4-2-3-5-17(15)21/h2-5,14,16H,6-13H2,1H3,(H,22,27). The van der Waals surface area contributed by atoms with E-state index >= 15 is 0 Å². The molecule has 1 N–H and O–H groups in total. The second-order valence-electron chi connectivity index (χ2n) is 7.71. The Hall–Kier alpha value is -1.73. The Morgan fingerprint density at radius 3 is 2.68 bits per heavy atom. The molecular formula is C20H26ClN5OS. The molecule has 1 saturated heterocycles. The number of carbonyl (C=O) groups excluding carboxylic acids is 1. The largest absolute Gasteiger partial charge is 0.351 e. The summed E-state index contributed by atoms with van der Waals surface area (Å²) in [6.45, 7) is 4.82. The number of thioether (sulfide) groups is 1. The molecule has 28 heavy (non-hydrogen) atoms. The van der Waals surface area contributed by atoms with Crippen molar-refractivity contribution in [3.05, 3.63) is 34.9 Å². The first-order chi connectivity index (χ1) is 13.6. The van der Waals surface area contributed by atoms with Crippen LogP contribution in [0.15, 0.2) is 29.4 Å². The fourth-order valence-electron chi connectivity index (χ4n) is 3.46. The van der Waals surface area contributed by atoms with Gasteiger partial charge in [0.2, 0.25) is 11.9 Å². The van der Waals surface area contributed by atoms with Crippen molar-refractivity contribution in [2.75, 3.05) is 23.7 Å². The van der Waals surface area contributed by atoms with Crippen molar-refractivity contribution in [1.82, 2.24) is 20.1 Å². The molecule has 2 aliphatic rings. The molecule has 8 heteroatoms. The molecule has 0 spiro atoms. The number of amides is 1. The minimum absolute atomic E-state index is 0.0244. The smallest absolute Gasteiger partial charge is 0.230 e. The van der Waals surface area contributed by atoms with Crippen LogP contribution in [0.25, 0.3) is 0 Å². The SMILES string of the molecule is CC1CCN(c2nnc(SCC(=O)NCc3ccccc3Cl)n2C2CC2)CC1. The predicted octanol–water partition coefficient (Wildman–Crippen LogP) is 3.91. The Kier molecular flexibility index (Phi) is 6.11. The summed E-state index contributed by atoms with van der Waals surface area (Å²) in [7, 11) is 0. The Morgan fingerprint density at radius 1 is 1.21 bits per heavy atom. The van der Waals surface area contributed by atoms with E-state index in [1.54, 1.807) is 0 Å². The number of nitrogens with zero attached hydrogens (tertiary/aromatic N) is 4. The third kappa shape index (κ3) is 4.63. The lowest BCUT2D eigenvalue weighted by Gasteiger charge is -2.31. The van der Waals surface area contributed by atoms with Crippen LogP contribution < -0.4 is 10.2 Å². The maximum Gasteiger partial charge on any atom is 0.230 e. The highest BCUT2D eigenvalue weighted by Crippen LogP contribution is 2.41. The second-order valence-corrected chi connectivity index (χ2v) is 9.06. The summed E-state index contributed by atoms with van der Waals surface area (Å²) in [5.74, 6) is 2.06. The molecule has 4 rings (SSSR count). The van der Waals surface area contributed by atoms with Crippen molar-refractivity contribution >= 4 is 35.2 Å². The fourth-order valence-corrected chi connectivity index (χ4v) is 4.49. The maximum atomic E-state index is 12.3. The number of rotatable bonds is 7. The summed E-state index contributed by atoms with van der Waals surface area (Å²) in [6.07, 6.45) is 4.73. The lowest BCUT2D eigenvalue weighted by molar-refractivity contribution is -0.118. The second kappa shape index (κ2) is 8.74. The van der Waals surface area contributed by atoms with E-state index in [1.807, 2.05) is 24.3 Å². The molecule has 1 aliphatic carbocycles. The van der Waals surface area contributed by atoms with Crippen molar-refractivity contribution < 1.29 is 4.79 Å². The highest BCUT2D eigenvalue weighted by Gasteiger charge is 2.32. The Balaban J connectivity index is 1.35. The van der Waals surface area contributed by atoms with Crippen LogP contribution in [0.3, 0.4) is 0 Å². The van der Waals surface area contributed by atoms with E-state index in [1.165, 1.54) is 37.4 Å². The van der Waals surface area contributed by atoms with Crippen molar-refractivity contribution in [1.29, 1.82) is 0 Å². The van der Waals surface area contributed by atoms with Gasteiger partial charge in [-0.2, -0.15) is 0 Å². The topological polar surface area (TPSA) is 63.1 Å². The molecule has 0 bridgehead atoms. The summed E-state index contributed by atoms with van der Waals surface area (Å²) in [5, 5.41) is 13.3. The van der Waals surface area contributed by atoms with Gasteiger partial charge in [-0.25, -0.2) is 0 Å². The Labute approximate surface area is 175 Å². The minimum Gasteiger partial charge on any atom is -0.351 e. The third-order valence-electron chi connectivity index (χ3n) is 5.39. The number of carbonyl (C=O) groups is 1. The molecule has 0 unspecified atom stereocenters. The highest BCUT2D eigenvalue weighted by molar-refractivity contribution is 7.99. The van der Waals surface area contributed by atoms with Gasteiger partial charge in [-0.1, -0.05) is 48.5 Å². The van der Waals surface area contributed by atoms with E-state index < -0.39 is 0 Å².